The Bertz CT molecular complexity index is 504. The van der Waals surface area contributed by atoms with Crippen LogP contribution in [-0.2, 0) is 10.4 Å². The monoisotopic (exact) mass is 254 g/mol. The third kappa shape index (κ3) is 1.86. The summed E-state index contributed by atoms with van der Waals surface area (Å²) in [4.78, 5) is 10.9. The molecule has 4 heteroatoms. The van der Waals surface area contributed by atoms with Crippen LogP contribution in [0.5, 0.6) is 0 Å². The van der Waals surface area contributed by atoms with Crippen LogP contribution in [0.25, 0.3) is 11.0 Å². The molecular weight excluding hydrogens is 248 g/mol. The Morgan fingerprint density at radius 1 is 1.29 bits per heavy atom. The van der Waals surface area contributed by atoms with E-state index in [9.17, 15) is 4.79 Å². The molecule has 0 unspecified atom stereocenters. The standard InChI is InChI=1S/C10H7BrO3/c11-13-6-7-1-2-8-3-4-10(12)14-9(8)5-7/h1-5H,6H2. The van der Waals surface area contributed by atoms with Gasteiger partial charge < -0.3 is 8.25 Å². The first-order valence-corrected chi connectivity index (χ1v) is 4.71. The summed E-state index contributed by atoms with van der Waals surface area (Å²) < 4.78 is 9.82. The Labute approximate surface area is 88.8 Å². The van der Waals surface area contributed by atoms with Crippen molar-refractivity contribution in [2.24, 2.45) is 0 Å². The van der Waals surface area contributed by atoms with Gasteiger partial charge in [0.05, 0.1) is 22.9 Å². The van der Waals surface area contributed by atoms with Gasteiger partial charge >= 0.3 is 5.63 Å². The van der Waals surface area contributed by atoms with Crippen LogP contribution in [0.15, 0.2) is 39.5 Å². The van der Waals surface area contributed by atoms with Gasteiger partial charge in [-0.15, -0.1) is 0 Å². The molecule has 2 rings (SSSR count). The molecule has 0 saturated carbocycles. The summed E-state index contributed by atoms with van der Waals surface area (Å²) in [5, 5.41) is 0.905. The number of fused-ring (bicyclic) bond motifs is 1. The highest BCUT2D eigenvalue weighted by Gasteiger charge is 1.98. The zero-order valence-corrected chi connectivity index (χ0v) is 8.78. The highest BCUT2D eigenvalue weighted by atomic mass is 79.9. The van der Waals surface area contributed by atoms with Gasteiger partial charge in [0, 0.05) is 11.5 Å². The second-order valence-corrected chi connectivity index (χ2v) is 3.34. The molecule has 0 radical (unpaired) electrons. The van der Waals surface area contributed by atoms with Crippen LogP contribution in [0.3, 0.4) is 0 Å². The fourth-order valence-corrected chi connectivity index (χ4v) is 1.52. The van der Waals surface area contributed by atoms with Crippen LogP contribution >= 0.6 is 16.3 Å². The topological polar surface area (TPSA) is 39.4 Å². The van der Waals surface area contributed by atoms with E-state index in [1.807, 2.05) is 12.1 Å². The van der Waals surface area contributed by atoms with Crippen LogP contribution in [0.4, 0.5) is 0 Å². The third-order valence-corrected chi connectivity index (χ3v) is 2.14. The van der Waals surface area contributed by atoms with Gasteiger partial charge in [-0.25, -0.2) is 4.79 Å². The number of hydrogen-bond donors (Lipinski definition) is 0. The Morgan fingerprint density at radius 3 is 2.86 bits per heavy atom. The smallest absolute Gasteiger partial charge is 0.336 e. The molecule has 0 aliphatic heterocycles. The van der Waals surface area contributed by atoms with Crippen LogP contribution in [0, 0.1) is 0 Å². The highest BCUT2D eigenvalue weighted by molar-refractivity contribution is 9.06. The van der Waals surface area contributed by atoms with Crippen molar-refractivity contribution in [3.8, 4) is 0 Å². The molecule has 0 aliphatic rings. The van der Waals surface area contributed by atoms with E-state index in [4.69, 9.17) is 8.25 Å². The Hall–Kier alpha value is -1.13. The van der Waals surface area contributed by atoms with E-state index in [0.29, 0.717) is 12.2 Å². The van der Waals surface area contributed by atoms with Gasteiger partial charge in [0.15, 0.2) is 0 Å². The minimum absolute atomic E-state index is 0.339. The molecule has 72 valence electrons. The summed E-state index contributed by atoms with van der Waals surface area (Å²) in [5.74, 6) is 0. The number of rotatable bonds is 2. The van der Waals surface area contributed by atoms with Crippen LogP contribution in [0.2, 0.25) is 0 Å². The SMILES string of the molecule is O=c1ccc2ccc(COBr)cc2o1. The molecule has 0 fully saturated rings. The second kappa shape index (κ2) is 3.94. The highest BCUT2D eigenvalue weighted by Crippen LogP contribution is 2.15. The zero-order valence-electron chi connectivity index (χ0n) is 7.20. The lowest BCUT2D eigenvalue weighted by atomic mass is 10.1. The molecule has 14 heavy (non-hydrogen) atoms. The summed E-state index contributed by atoms with van der Waals surface area (Å²) in [6, 6.07) is 8.74. The lowest BCUT2D eigenvalue weighted by Crippen LogP contribution is -1.94. The molecule has 1 aromatic carbocycles. The lowest BCUT2D eigenvalue weighted by molar-refractivity contribution is 0.387. The Kier molecular flexibility index (Phi) is 2.65. The van der Waals surface area contributed by atoms with Gasteiger partial charge in [0.2, 0.25) is 0 Å². The maximum atomic E-state index is 10.9. The van der Waals surface area contributed by atoms with E-state index >= 15 is 0 Å². The van der Waals surface area contributed by atoms with Gasteiger partial charge in [-0.05, 0) is 17.7 Å². The maximum absolute atomic E-state index is 10.9. The lowest BCUT2D eigenvalue weighted by Gasteiger charge is -1.99. The molecule has 1 heterocycles. The summed E-state index contributed by atoms with van der Waals surface area (Å²) in [5.41, 5.74) is 1.19. The van der Waals surface area contributed by atoms with E-state index < -0.39 is 0 Å². The molecule has 0 aliphatic carbocycles. The molecule has 0 atom stereocenters. The van der Waals surface area contributed by atoms with Crippen molar-refractivity contribution in [3.05, 3.63) is 46.3 Å². The first kappa shape index (κ1) is 9.43. The van der Waals surface area contributed by atoms with E-state index in [0.717, 1.165) is 10.9 Å². The van der Waals surface area contributed by atoms with E-state index in [1.54, 1.807) is 12.1 Å². The fourth-order valence-electron chi connectivity index (χ4n) is 1.26. The average molecular weight is 255 g/mol. The van der Waals surface area contributed by atoms with E-state index in [2.05, 4.69) is 16.3 Å². The van der Waals surface area contributed by atoms with E-state index in [-0.39, 0.29) is 5.63 Å². The van der Waals surface area contributed by atoms with E-state index in [1.165, 1.54) is 6.07 Å². The van der Waals surface area contributed by atoms with Gasteiger partial charge in [-0.2, -0.15) is 0 Å². The molecule has 0 N–H and O–H groups in total. The largest absolute Gasteiger partial charge is 0.423 e. The molecule has 3 nitrogen and oxygen atoms in total. The molecule has 2 aromatic rings. The number of benzene rings is 1. The summed E-state index contributed by atoms with van der Waals surface area (Å²) in [7, 11) is 0. The van der Waals surface area contributed by atoms with Gasteiger partial charge in [0.1, 0.15) is 5.58 Å². The maximum Gasteiger partial charge on any atom is 0.336 e. The first-order chi connectivity index (χ1) is 6.79. The van der Waals surface area contributed by atoms with Crippen molar-refractivity contribution in [1.82, 2.24) is 0 Å². The summed E-state index contributed by atoms with van der Waals surface area (Å²) in [6.45, 7) is 0.439. The minimum atomic E-state index is -0.339. The van der Waals surface area contributed by atoms with Crippen molar-refractivity contribution in [2.75, 3.05) is 0 Å². The van der Waals surface area contributed by atoms with Crippen molar-refractivity contribution < 1.29 is 8.25 Å². The van der Waals surface area contributed by atoms with Gasteiger partial charge in [-0.1, -0.05) is 12.1 Å². The predicted molar refractivity (Wildman–Crippen MR) is 56.2 cm³/mol. The summed E-state index contributed by atoms with van der Waals surface area (Å²) in [6.07, 6.45) is 0. The normalized spacial score (nSPS) is 10.6. The van der Waals surface area contributed by atoms with Crippen molar-refractivity contribution in [3.63, 3.8) is 0 Å². The van der Waals surface area contributed by atoms with Crippen LogP contribution < -0.4 is 5.63 Å². The van der Waals surface area contributed by atoms with Crippen molar-refractivity contribution in [2.45, 2.75) is 6.61 Å². The van der Waals surface area contributed by atoms with Gasteiger partial charge in [-0.3, -0.25) is 0 Å². The minimum Gasteiger partial charge on any atom is -0.423 e. The fraction of sp³-hybridized carbons (Fsp3) is 0.100. The molecular formula is C10H7BrO3. The van der Waals surface area contributed by atoms with Gasteiger partial charge in [0.25, 0.3) is 0 Å². The summed E-state index contributed by atoms with van der Waals surface area (Å²) >= 11 is 2.87. The van der Waals surface area contributed by atoms with Crippen molar-refractivity contribution in [1.29, 1.82) is 0 Å². The predicted octanol–water partition coefficient (Wildman–Crippen LogP) is 2.62. The number of hydrogen-bond acceptors (Lipinski definition) is 3. The second-order valence-electron chi connectivity index (χ2n) is 2.88. The molecule has 0 bridgehead atoms. The number of halogens is 1. The average Bonchev–Trinajstić information content (AvgIpc) is 2.17. The molecule has 0 spiro atoms. The third-order valence-electron chi connectivity index (χ3n) is 1.91. The Balaban J connectivity index is 2.58. The van der Waals surface area contributed by atoms with Crippen LogP contribution in [-0.4, -0.2) is 0 Å². The molecule has 0 amide bonds. The van der Waals surface area contributed by atoms with Crippen molar-refractivity contribution >= 4 is 27.2 Å². The zero-order chi connectivity index (χ0) is 9.97. The molecule has 0 saturated heterocycles. The van der Waals surface area contributed by atoms with Crippen LogP contribution in [0.1, 0.15) is 5.56 Å². The Morgan fingerprint density at radius 2 is 2.07 bits per heavy atom. The molecule has 1 aromatic heterocycles. The first-order valence-electron chi connectivity index (χ1n) is 4.06. The quantitative estimate of drug-likeness (QED) is 0.774.